The molecule has 0 aliphatic heterocycles. The number of hydrogen-bond acceptors (Lipinski definition) is 1. The molecular weight excluding hydrogens is 172 g/mol. The molecule has 74 valence electrons. The minimum atomic E-state index is 0.0114. The quantitative estimate of drug-likeness (QED) is 0.489. The molecule has 0 aromatic carbocycles. The van der Waals surface area contributed by atoms with E-state index in [9.17, 15) is 4.79 Å². The van der Waals surface area contributed by atoms with Crippen molar-refractivity contribution < 1.29 is 4.79 Å². The molecule has 0 bridgehead atoms. The highest BCUT2D eigenvalue weighted by atomic mass is 16.1. The Kier molecular flexibility index (Phi) is 3.30. The average Bonchev–Trinajstić information content (AvgIpc) is 2.51. The minimum Gasteiger partial charge on any atom is -0.295 e. The molecule has 0 heterocycles. The summed E-state index contributed by atoms with van der Waals surface area (Å²) in [6, 6.07) is 0. The van der Waals surface area contributed by atoms with Gasteiger partial charge in [0.15, 0.2) is 5.78 Å². The van der Waals surface area contributed by atoms with Crippen molar-refractivity contribution in [3.8, 4) is 12.3 Å². The Morgan fingerprint density at radius 1 is 1.86 bits per heavy atom. The minimum absolute atomic E-state index is 0.0114. The van der Waals surface area contributed by atoms with Crippen LogP contribution in [0.25, 0.3) is 0 Å². The van der Waals surface area contributed by atoms with Gasteiger partial charge in [-0.25, -0.2) is 0 Å². The van der Waals surface area contributed by atoms with Crippen molar-refractivity contribution in [1.82, 2.24) is 0 Å². The van der Waals surface area contributed by atoms with Gasteiger partial charge in [0.1, 0.15) is 0 Å². The maximum Gasteiger partial charge on any atom is 0.155 e. The van der Waals surface area contributed by atoms with Crippen molar-refractivity contribution in [2.75, 3.05) is 0 Å². The number of hydrogen-bond donors (Lipinski definition) is 0. The molecule has 0 spiro atoms. The summed E-state index contributed by atoms with van der Waals surface area (Å²) >= 11 is 0. The van der Waals surface area contributed by atoms with E-state index in [0.717, 1.165) is 24.8 Å². The molecule has 1 rings (SSSR count). The molecule has 1 nitrogen and oxygen atoms in total. The van der Waals surface area contributed by atoms with Gasteiger partial charge in [-0.05, 0) is 31.8 Å². The van der Waals surface area contributed by atoms with E-state index in [4.69, 9.17) is 6.42 Å². The molecule has 0 saturated heterocycles. The summed E-state index contributed by atoms with van der Waals surface area (Å²) in [5, 5.41) is 0. The van der Waals surface area contributed by atoms with E-state index in [1.807, 2.05) is 6.08 Å². The molecule has 14 heavy (non-hydrogen) atoms. The van der Waals surface area contributed by atoms with E-state index in [0.29, 0.717) is 6.42 Å². The van der Waals surface area contributed by atoms with E-state index in [1.165, 1.54) is 0 Å². The molecule has 0 radical (unpaired) electrons. The van der Waals surface area contributed by atoms with Crippen molar-refractivity contribution in [2.24, 2.45) is 5.41 Å². The van der Waals surface area contributed by atoms with Crippen molar-refractivity contribution in [3.63, 3.8) is 0 Å². The fourth-order valence-electron chi connectivity index (χ4n) is 2.04. The first-order valence-electron chi connectivity index (χ1n) is 4.90. The number of Topliss-reactive ketones (excluding diaryl/α,β-unsaturated/α-hetero) is 1. The van der Waals surface area contributed by atoms with Crippen LogP contribution in [0.1, 0.15) is 32.6 Å². The van der Waals surface area contributed by atoms with Crippen LogP contribution in [-0.4, -0.2) is 5.78 Å². The van der Waals surface area contributed by atoms with Gasteiger partial charge in [0, 0.05) is 11.8 Å². The molecule has 1 aliphatic rings. The Morgan fingerprint density at radius 3 is 3.00 bits per heavy atom. The zero-order chi connectivity index (χ0) is 10.6. The number of ketones is 1. The number of allylic oxidation sites excluding steroid dienone is 3. The Morgan fingerprint density at radius 2 is 2.57 bits per heavy atom. The lowest BCUT2D eigenvalue weighted by Crippen LogP contribution is -2.12. The van der Waals surface area contributed by atoms with Crippen LogP contribution >= 0.6 is 0 Å². The van der Waals surface area contributed by atoms with Gasteiger partial charge in [0.2, 0.25) is 0 Å². The van der Waals surface area contributed by atoms with Crippen molar-refractivity contribution >= 4 is 5.78 Å². The maximum atomic E-state index is 11.2. The molecule has 0 amide bonds. The monoisotopic (exact) mass is 188 g/mol. The van der Waals surface area contributed by atoms with Gasteiger partial charge in [0.25, 0.3) is 0 Å². The largest absolute Gasteiger partial charge is 0.295 e. The van der Waals surface area contributed by atoms with E-state index in [-0.39, 0.29) is 11.2 Å². The third kappa shape index (κ3) is 2.14. The SMILES string of the molecule is C#CC[C@]1(CC=C)C=C(C(C)=O)CC1. The van der Waals surface area contributed by atoms with Crippen molar-refractivity contribution in [3.05, 3.63) is 24.3 Å². The first-order valence-corrected chi connectivity index (χ1v) is 4.90. The second-order valence-electron chi connectivity index (χ2n) is 3.96. The summed E-state index contributed by atoms with van der Waals surface area (Å²) in [5.41, 5.74) is 0.944. The number of carbonyl (C=O) groups is 1. The zero-order valence-corrected chi connectivity index (χ0v) is 8.68. The highest BCUT2D eigenvalue weighted by Gasteiger charge is 2.32. The lowest BCUT2D eigenvalue weighted by molar-refractivity contribution is -0.113. The summed E-state index contributed by atoms with van der Waals surface area (Å²) in [7, 11) is 0. The topological polar surface area (TPSA) is 17.1 Å². The van der Waals surface area contributed by atoms with Crippen LogP contribution in [0, 0.1) is 17.8 Å². The highest BCUT2D eigenvalue weighted by molar-refractivity contribution is 5.93. The number of carbonyl (C=O) groups excluding carboxylic acids is 1. The van der Waals surface area contributed by atoms with E-state index in [1.54, 1.807) is 6.92 Å². The van der Waals surface area contributed by atoms with Crippen LogP contribution in [0.15, 0.2) is 24.3 Å². The van der Waals surface area contributed by atoms with Gasteiger partial charge >= 0.3 is 0 Å². The fraction of sp³-hybridized carbons (Fsp3) is 0.462. The third-order valence-corrected chi connectivity index (χ3v) is 2.83. The average molecular weight is 188 g/mol. The highest BCUT2D eigenvalue weighted by Crippen LogP contribution is 2.42. The predicted molar refractivity (Wildman–Crippen MR) is 58.7 cm³/mol. The molecule has 1 aliphatic carbocycles. The summed E-state index contributed by atoms with van der Waals surface area (Å²) < 4.78 is 0. The lowest BCUT2D eigenvalue weighted by atomic mass is 9.81. The maximum absolute atomic E-state index is 11.2. The second-order valence-corrected chi connectivity index (χ2v) is 3.96. The fourth-order valence-corrected chi connectivity index (χ4v) is 2.04. The van der Waals surface area contributed by atoms with E-state index >= 15 is 0 Å². The Hall–Kier alpha value is -1.29. The Bertz CT molecular complexity index is 317. The third-order valence-electron chi connectivity index (χ3n) is 2.83. The predicted octanol–water partition coefficient (Wildman–Crippen LogP) is 2.88. The zero-order valence-electron chi connectivity index (χ0n) is 8.68. The Labute approximate surface area is 85.9 Å². The van der Waals surface area contributed by atoms with Crippen LogP contribution < -0.4 is 0 Å². The van der Waals surface area contributed by atoms with Crippen molar-refractivity contribution in [1.29, 1.82) is 0 Å². The van der Waals surface area contributed by atoms with Crippen LogP contribution in [-0.2, 0) is 4.79 Å². The Balaban J connectivity index is 2.87. The molecule has 0 unspecified atom stereocenters. The molecule has 0 saturated carbocycles. The smallest absolute Gasteiger partial charge is 0.155 e. The molecule has 1 atom stereocenters. The van der Waals surface area contributed by atoms with Crippen LogP contribution in [0.3, 0.4) is 0 Å². The molecule has 0 N–H and O–H groups in total. The van der Waals surface area contributed by atoms with Crippen LogP contribution in [0.5, 0.6) is 0 Å². The molecule has 0 aromatic heterocycles. The van der Waals surface area contributed by atoms with Gasteiger partial charge in [0.05, 0.1) is 0 Å². The van der Waals surface area contributed by atoms with Crippen LogP contribution in [0.4, 0.5) is 0 Å². The molecule has 0 fully saturated rings. The summed E-state index contributed by atoms with van der Waals surface area (Å²) in [6.45, 7) is 5.36. The summed E-state index contributed by atoms with van der Waals surface area (Å²) in [4.78, 5) is 11.2. The second kappa shape index (κ2) is 4.28. The first kappa shape index (κ1) is 10.8. The van der Waals surface area contributed by atoms with Gasteiger partial charge < -0.3 is 0 Å². The normalized spacial score (nSPS) is 25.3. The van der Waals surface area contributed by atoms with E-state index in [2.05, 4.69) is 18.6 Å². The standard InChI is InChI=1S/C13H16O/c1-4-7-13(8-5-2)9-6-12(10-13)11(3)14/h1,5,10H,2,6-9H2,3H3/t13-/m1/s1. The van der Waals surface area contributed by atoms with Gasteiger partial charge in [-0.3, -0.25) is 4.79 Å². The number of rotatable bonds is 4. The first-order chi connectivity index (χ1) is 6.63. The summed E-state index contributed by atoms with van der Waals surface area (Å²) in [6.07, 6.45) is 12.7. The number of terminal acetylenes is 1. The molecule has 1 heteroatoms. The molecule has 0 aromatic rings. The van der Waals surface area contributed by atoms with Crippen molar-refractivity contribution in [2.45, 2.75) is 32.6 Å². The van der Waals surface area contributed by atoms with Crippen LogP contribution in [0.2, 0.25) is 0 Å². The van der Waals surface area contributed by atoms with Gasteiger partial charge in [-0.15, -0.1) is 18.9 Å². The molecular formula is C13H16O. The van der Waals surface area contributed by atoms with E-state index < -0.39 is 0 Å². The van der Waals surface area contributed by atoms with Gasteiger partial charge in [-0.2, -0.15) is 0 Å². The van der Waals surface area contributed by atoms with Gasteiger partial charge in [-0.1, -0.05) is 12.2 Å². The summed E-state index contributed by atoms with van der Waals surface area (Å²) in [5.74, 6) is 2.87. The lowest BCUT2D eigenvalue weighted by Gasteiger charge is -2.22.